The predicted molar refractivity (Wildman–Crippen MR) is 53.8 cm³/mol. The average molecular weight is 183 g/mol. The first-order valence-electron chi connectivity index (χ1n) is 5.73. The number of rotatable bonds is 4. The topological polar surface area (TPSA) is 21.3 Å². The van der Waals surface area contributed by atoms with E-state index in [4.69, 9.17) is 4.74 Å². The van der Waals surface area contributed by atoms with Crippen LogP contribution in [0, 0.1) is 11.8 Å². The maximum Gasteiger partial charge on any atom is 0.0507 e. The van der Waals surface area contributed by atoms with Gasteiger partial charge in [0.15, 0.2) is 0 Å². The van der Waals surface area contributed by atoms with Gasteiger partial charge < -0.3 is 10.1 Å². The van der Waals surface area contributed by atoms with E-state index < -0.39 is 0 Å². The first-order chi connectivity index (χ1) is 6.45. The lowest BCUT2D eigenvalue weighted by Crippen LogP contribution is -2.27. The smallest absolute Gasteiger partial charge is 0.0507 e. The Morgan fingerprint density at radius 2 is 1.77 bits per heavy atom. The molecule has 0 spiro atoms. The lowest BCUT2D eigenvalue weighted by molar-refractivity contribution is 0.185. The van der Waals surface area contributed by atoms with Crippen LogP contribution < -0.4 is 5.32 Å². The van der Waals surface area contributed by atoms with Crippen LogP contribution in [0.3, 0.4) is 0 Å². The normalized spacial score (nSPS) is 30.0. The monoisotopic (exact) mass is 183 g/mol. The summed E-state index contributed by atoms with van der Waals surface area (Å²) >= 11 is 0. The van der Waals surface area contributed by atoms with Gasteiger partial charge in [0, 0.05) is 13.2 Å². The van der Waals surface area contributed by atoms with Gasteiger partial charge in [-0.15, -0.1) is 0 Å². The van der Waals surface area contributed by atoms with E-state index >= 15 is 0 Å². The van der Waals surface area contributed by atoms with E-state index in [0.717, 1.165) is 25.0 Å². The Bertz CT molecular complexity index is 121. The van der Waals surface area contributed by atoms with Crippen molar-refractivity contribution in [1.29, 1.82) is 0 Å². The fraction of sp³-hybridized carbons (Fsp3) is 1.00. The van der Waals surface area contributed by atoms with Gasteiger partial charge in [-0.3, -0.25) is 0 Å². The number of nitrogens with one attached hydrogen (secondary N) is 1. The van der Waals surface area contributed by atoms with Gasteiger partial charge in [0.1, 0.15) is 0 Å². The van der Waals surface area contributed by atoms with Crippen LogP contribution in [0.1, 0.15) is 32.1 Å². The van der Waals surface area contributed by atoms with E-state index in [2.05, 4.69) is 5.32 Å². The van der Waals surface area contributed by atoms with Crippen molar-refractivity contribution in [3.05, 3.63) is 0 Å². The molecule has 2 nitrogen and oxygen atoms in total. The summed E-state index contributed by atoms with van der Waals surface area (Å²) in [5.74, 6) is 1.77. The highest BCUT2D eigenvalue weighted by Gasteiger charge is 2.17. The fourth-order valence-electron chi connectivity index (χ4n) is 2.45. The summed E-state index contributed by atoms with van der Waals surface area (Å²) in [6.45, 7) is 4.39. The Labute approximate surface area is 81.0 Å². The van der Waals surface area contributed by atoms with Crippen molar-refractivity contribution >= 4 is 0 Å². The van der Waals surface area contributed by atoms with Crippen LogP contribution in [-0.2, 0) is 4.74 Å². The Hall–Kier alpha value is -0.0800. The van der Waals surface area contributed by atoms with Crippen LogP contribution >= 0.6 is 0 Å². The van der Waals surface area contributed by atoms with Gasteiger partial charge in [-0.05, 0) is 37.6 Å². The molecule has 1 aliphatic heterocycles. The molecule has 0 bridgehead atoms. The molecule has 2 heteroatoms. The van der Waals surface area contributed by atoms with Crippen molar-refractivity contribution in [2.75, 3.05) is 26.3 Å². The van der Waals surface area contributed by atoms with E-state index in [9.17, 15) is 0 Å². The van der Waals surface area contributed by atoms with Crippen molar-refractivity contribution in [2.45, 2.75) is 32.1 Å². The molecule has 0 radical (unpaired) electrons. The van der Waals surface area contributed by atoms with Crippen molar-refractivity contribution in [2.24, 2.45) is 11.8 Å². The predicted octanol–water partition coefficient (Wildman–Crippen LogP) is 1.80. The quantitative estimate of drug-likeness (QED) is 0.717. The van der Waals surface area contributed by atoms with Crippen LogP contribution in [0.2, 0.25) is 0 Å². The molecular formula is C11H21NO. The van der Waals surface area contributed by atoms with Gasteiger partial charge >= 0.3 is 0 Å². The van der Waals surface area contributed by atoms with Gasteiger partial charge in [0.05, 0.1) is 6.61 Å². The van der Waals surface area contributed by atoms with Gasteiger partial charge in [0.25, 0.3) is 0 Å². The van der Waals surface area contributed by atoms with E-state index in [0.29, 0.717) is 0 Å². The second kappa shape index (κ2) is 4.97. The summed E-state index contributed by atoms with van der Waals surface area (Å²) in [5.41, 5.74) is 0. The van der Waals surface area contributed by atoms with Crippen LogP contribution in [0.5, 0.6) is 0 Å². The maximum atomic E-state index is 5.34. The summed E-state index contributed by atoms with van der Waals surface area (Å²) in [4.78, 5) is 0. The van der Waals surface area contributed by atoms with E-state index in [-0.39, 0.29) is 0 Å². The zero-order valence-electron chi connectivity index (χ0n) is 8.43. The highest BCUT2D eigenvalue weighted by molar-refractivity contribution is 4.72. The van der Waals surface area contributed by atoms with Crippen molar-refractivity contribution in [3.63, 3.8) is 0 Å². The minimum absolute atomic E-state index is 0.793. The second-order valence-electron chi connectivity index (χ2n) is 4.54. The standard InChI is InChI=1S/C11H21NO/c1-2-4-10(3-1)7-12-8-11-5-6-13-9-11/h10-12H,1-9H2. The zero-order chi connectivity index (χ0) is 8.93. The summed E-state index contributed by atoms with van der Waals surface area (Å²) in [7, 11) is 0. The molecule has 0 aromatic heterocycles. The largest absolute Gasteiger partial charge is 0.381 e. The third kappa shape index (κ3) is 2.96. The molecule has 1 heterocycles. The van der Waals surface area contributed by atoms with Crippen LogP contribution in [0.15, 0.2) is 0 Å². The molecule has 0 aromatic rings. The highest BCUT2D eigenvalue weighted by Crippen LogP contribution is 2.23. The molecule has 13 heavy (non-hydrogen) atoms. The summed E-state index contributed by atoms with van der Waals surface area (Å²) < 4.78 is 5.34. The SMILES string of the molecule is C1CCC(CNCC2CCOC2)C1. The van der Waals surface area contributed by atoms with E-state index in [1.54, 1.807) is 0 Å². The number of ether oxygens (including phenoxy) is 1. The molecule has 2 aliphatic rings. The lowest BCUT2D eigenvalue weighted by atomic mass is 10.1. The third-order valence-corrected chi connectivity index (χ3v) is 3.36. The molecule has 1 saturated carbocycles. The highest BCUT2D eigenvalue weighted by atomic mass is 16.5. The van der Waals surface area contributed by atoms with Crippen molar-refractivity contribution in [1.82, 2.24) is 5.32 Å². The van der Waals surface area contributed by atoms with Gasteiger partial charge in [-0.1, -0.05) is 12.8 Å². The molecule has 2 rings (SSSR count). The molecular weight excluding hydrogens is 162 g/mol. The Morgan fingerprint density at radius 1 is 1.00 bits per heavy atom. The maximum absolute atomic E-state index is 5.34. The van der Waals surface area contributed by atoms with Crippen LogP contribution in [-0.4, -0.2) is 26.3 Å². The minimum atomic E-state index is 0.793. The molecule has 0 amide bonds. The Balaban J connectivity index is 1.52. The first-order valence-corrected chi connectivity index (χ1v) is 5.73. The van der Waals surface area contributed by atoms with Gasteiger partial charge in [-0.2, -0.15) is 0 Å². The molecule has 1 saturated heterocycles. The lowest BCUT2D eigenvalue weighted by Gasteiger charge is -2.12. The van der Waals surface area contributed by atoms with Crippen LogP contribution in [0.25, 0.3) is 0 Å². The van der Waals surface area contributed by atoms with Gasteiger partial charge in [-0.25, -0.2) is 0 Å². The molecule has 2 fully saturated rings. The Morgan fingerprint density at radius 3 is 2.46 bits per heavy atom. The molecule has 76 valence electrons. The van der Waals surface area contributed by atoms with Crippen molar-refractivity contribution < 1.29 is 4.74 Å². The summed E-state index contributed by atoms with van der Waals surface area (Å²) in [6, 6.07) is 0. The molecule has 1 atom stereocenters. The van der Waals surface area contributed by atoms with Crippen molar-refractivity contribution in [3.8, 4) is 0 Å². The molecule has 1 N–H and O–H groups in total. The second-order valence-corrected chi connectivity index (χ2v) is 4.54. The summed E-state index contributed by atoms with van der Waals surface area (Å²) in [6.07, 6.45) is 7.08. The minimum Gasteiger partial charge on any atom is -0.381 e. The van der Waals surface area contributed by atoms with E-state index in [1.807, 2.05) is 0 Å². The molecule has 1 unspecified atom stereocenters. The zero-order valence-corrected chi connectivity index (χ0v) is 8.43. The molecule has 1 aliphatic carbocycles. The first kappa shape index (κ1) is 9.47. The molecule has 0 aromatic carbocycles. The van der Waals surface area contributed by atoms with Crippen LogP contribution in [0.4, 0.5) is 0 Å². The third-order valence-electron chi connectivity index (χ3n) is 3.36. The fourth-order valence-corrected chi connectivity index (χ4v) is 2.45. The Kier molecular flexibility index (Phi) is 3.62. The van der Waals surface area contributed by atoms with E-state index in [1.165, 1.54) is 45.2 Å². The summed E-state index contributed by atoms with van der Waals surface area (Å²) in [5, 5.41) is 3.59. The number of hydrogen-bond donors (Lipinski definition) is 1. The van der Waals surface area contributed by atoms with Gasteiger partial charge in [0.2, 0.25) is 0 Å². The number of hydrogen-bond acceptors (Lipinski definition) is 2. The average Bonchev–Trinajstić information content (AvgIpc) is 2.75.